The van der Waals surface area contributed by atoms with E-state index in [1.807, 2.05) is 0 Å². The first-order chi connectivity index (χ1) is 9.10. The lowest BCUT2D eigenvalue weighted by molar-refractivity contribution is -0.144. The van der Waals surface area contributed by atoms with Crippen molar-refractivity contribution in [2.75, 3.05) is 27.9 Å². The zero-order valence-corrected chi connectivity index (χ0v) is 12.0. The van der Waals surface area contributed by atoms with Gasteiger partial charge >= 0.3 is 5.97 Å². The van der Waals surface area contributed by atoms with Gasteiger partial charge in [-0.25, -0.2) is 0 Å². The molecule has 0 spiro atoms. The van der Waals surface area contributed by atoms with Crippen LogP contribution < -0.4 is 14.2 Å². The molecule has 0 N–H and O–H groups in total. The summed E-state index contributed by atoms with van der Waals surface area (Å²) in [5, 5.41) is 0. The standard InChI is InChI=1S/C14H20O5/c1-6-19-14(15)9(2)10-7-8-11(16-3)13(18-5)12(10)17-4/h7-9H,6H2,1-5H3. The summed E-state index contributed by atoms with van der Waals surface area (Å²) in [6, 6.07) is 3.52. The van der Waals surface area contributed by atoms with Gasteiger partial charge in [-0.1, -0.05) is 6.07 Å². The van der Waals surface area contributed by atoms with E-state index in [0.29, 0.717) is 29.4 Å². The van der Waals surface area contributed by atoms with Gasteiger partial charge in [-0.2, -0.15) is 0 Å². The second-order valence-corrected chi connectivity index (χ2v) is 3.90. The van der Waals surface area contributed by atoms with Crippen molar-refractivity contribution in [3.8, 4) is 17.2 Å². The minimum absolute atomic E-state index is 0.298. The molecule has 0 aliphatic heterocycles. The number of esters is 1. The predicted octanol–water partition coefficient (Wildman–Crippen LogP) is 2.38. The van der Waals surface area contributed by atoms with Gasteiger partial charge in [-0.05, 0) is 19.9 Å². The van der Waals surface area contributed by atoms with E-state index in [-0.39, 0.29) is 5.97 Å². The van der Waals surface area contributed by atoms with Crippen molar-refractivity contribution in [3.05, 3.63) is 17.7 Å². The topological polar surface area (TPSA) is 54.0 Å². The molecule has 0 fully saturated rings. The van der Waals surface area contributed by atoms with E-state index in [9.17, 15) is 4.79 Å². The number of benzene rings is 1. The molecule has 0 bridgehead atoms. The Hall–Kier alpha value is -1.91. The maximum absolute atomic E-state index is 11.8. The molecule has 0 aliphatic carbocycles. The van der Waals surface area contributed by atoms with Crippen LogP contribution in [0.25, 0.3) is 0 Å². The summed E-state index contributed by atoms with van der Waals surface area (Å²) < 4.78 is 20.9. The van der Waals surface area contributed by atoms with Gasteiger partial charge in [0.1, 0.15) is 0 Å². The molecule has 0 radical (unpaired) electrons. The first-order valence-electron chi connectivity index (χ1n) is 6.06. The molecule has 5 heteroatoms. The summed E-state index contributed by atoms with van der Waals surface area (Å²) >= 11 is 0. The van der Waals surface area contributed by atoms with Gasteiger partial charge in [0.05, 0.1) is 33.9 Å². The smallest absolute Gasteiger partial charge is 0.313 e. The predicted molar refractivity (Wildman–Crippen MR) is 71.1 cm³/mol. The lowest BCUT2D eigenvalue weighted by Gasteiger charge is -2.18. The molecule has 1 aromatic carbocycles. The van der Waals surface area contributed by atoms with Crippen LogP contribution in [0.1, 0.15) is 25.3 Å². The molecule has 5 nitrogen and oxygen atoms in total. The van der Waals surface area contributed by atoms with Crippen molar-refractivity contribution >= 4 is 5.97 Å². The molecular formula is C14H20O5. The molecule has 19 heavy (non-hydrogen) atoms. The minimum atomic E-state index is -0.435. The Kier molecular flexibility index (Phi) is 5.48. The molecule has 0 saturated carbocycles. The first kappa shape index (κ1) is 15.1. The number of ether oxygens (including phenoxy) is 4. The third-order valence-corrected chi connectivity index (χ3v) is 2.84. The number of carbonyl (C=O) groups excluding carboxylic acids is 1. The van der Waals surface area contributed by atoms with Gasteiger partial charge in [-0.15, -0.1) is 0 Å². The fourth-order valence-electron chi connectivity index (χ4n) is 1.86. The lowest BCUT2D eigenvalue weighted by Crippen LogP contribution is -2.14. The Morgan fingerprint density at radius 2 is 1.74 bits per heavy atom. The fraction of sp³-hybridized carbons (Fsp3) is 0.500. The second kappa shape index (κ2) is 6.87. The number of methoxy groups -OCH3 is 3. The van der Waals surface area contributed by atoms with E-state index in [1.54, 1.807) is 33.1 Å². The van der Waals surface area contributed by atoms with Crippen LogP contribution in [0.5, 0.6) is 17.2 Å². The van der Waals surface area contributed by atoms with Gasteiger partial charge in [0.15, 0.2) is 11.5 Å². The maximum Gasteiger partial charge on any atom is 0.313 e. The Morgan fingerprint density at radius 1 is 1.11 bits per heavy atom. The summed E-state index contributed by atoms with van der Waals surface area (Å²) in [5.41, 5.74) is 0.707. The zero-order chi connectivity index (χ0) is 14.4. The maximum atomic E-state index is 11.8. The molecule has 0 amide bonds. The SMILES string of the molecule is CCOC(=O)C(C)c1ccc(OC)c(OC)c1OC. The molecule has 106 valence electrons. The van der Waals surface area contributed by atoms with E-state index in [2.05, 4.69) is 0 Å². The van der Waals surface area contributed by atoms with Crippen molar-refractivity contribution in [1.29, 1.82) is 0 Å². The largest absolute Gasteiger partial charge is 0.493 e. The van der Waals surface area contributed by atoms with E-state index in [1.165, 1.54) is 14.2 Å². The normalized spacial score (nSPS) is 11.6. The van der Waals surface area contributed by atoms with Crippen LogP contribution in [-0.2, 0) is 9.53 Å². The quantitative estimate of drug-likeness (QED) is 0.741. The van der Waals surface area contributed by atoms with Gasteiger partial charge in [0.25, 0.3) is 0 Å². The van der Waals surface area contributed by atoms with E-state index in [4.69, 9.17) is 18.9 Å². The highest BCUT2D eigenvalue weighted by Crippen LogP contribution is 2.42. The Balaban J connectivity index is 3.24. The monoisotopic (exact) mass is 268 g/mol. The summed E-state index contributed by atoms with van der Waals surface area (Å²) in [4.78, 5) is 11.8. The molecule has 0 aliphatic rings. The zero-order valence-electron chi connectivity index (χ0n) is 12.0. The van der Waals surface area contributed by atoms with Gasteiger partial charge in [0, 0.05) is 5.56 Å². The molecule has 1 atom stereocenters. The van der Waals surface area contributed by atoms with Crippen LogP contribution in [0, 0.1) is 0 Å². The lowest BCUT2D eigenvalue weighted by atomic mass is 9.99. The van der Waals surface area contributed by atoms with Crippen LogP contribution in [0.15, 0.2) is 12.1 Å². The Labute approximate surface area is 113 Å². The van der Waals surface area contributed by atoms with Crippen LogP contribution in [-0.4, -0.2) is 33.9 Å². The first-order valence-corrected chi connectivity index (χ1v) is 6.06. The van der Waals surface area contributed by atoms with Crippen molar-refractivity contribution in [3.63, 3.8) is 0 Å². The average Bonchev–Trinajstić information content (AvgIpc) is 2.44. The van der Waals surface area contributed by atoms with E-state index in [0.717, 1.165) is 0 Å². The highest BCUT2D eigenvalue weighted by atomic mass is 16.5. The van der Waals surface area contributed by atoms with Crippen LogP contribution in [0.2, 0.25) is 0 Å². The number of rotatable bonds is 6. The molecule has 1 rings (SSSR count). The molecule has 1 unspecified atom stereocenters. The fourth-order valence-corrected chi connectivity index (χ4v) is 1.86. The van der Waals surface area contributed by atoms with E-state index < -0.39 is 5.92 Å². The van der Waals surface area contributed by atoms with Crippen LogP contribution >= 0.6 is 0 Å². The second-order valence-electron chi connectivity index (χ2n) is 3.90. The minimum Gasteiger partial charge on any atom is -0.493 e. The van der Waals surface area contributed by atoms with Crippen molar-refractivity contribution < 1.29 is 23.7 Å². The van der Waals surface area contributed by atoms with Crippen molar-refractivity contribution in [2.24, 2.45) is 0 Å². The average molecular weight is 268 g/mol. The summed E-state index contributed by atoms with van der Waals surface area (Å²) in [6.07, 6.45) is 0. The molecule has 0 saturated heterocycles. The summed E-state index contributed by atoms with van der Waals surface area (Å²) in [6.45, 7) is 3.89. The molecular weight excluding hydrogens is 248 g/mol. The summed E-state index contributed by atoms with van der Waals surface area (Å²) in [5.74, 6) is 0.780. The van der Waals surface area contributed by atoms with Gasteiger partial charge in [-0.3, -0.25) is 4.79 Å². The summed E-state index contributed by atoms with van der Waals surface area (Å²) in [7, 11) is 4.60. The molecule has 1 aromatic rings. The van der Waals surface area contributed by atoms with Crippen LogP contribution in [0.3, 0.4) is 0 Å². The molecule has 0 heterocycles. The third kappa shape index (κ3) is 3.10. The third-order valence-electron chi connectivity index (χ3n) is 2.84. The van der Waals surface area contributed by atoms with E-state index >= 15 is 0 Å². The Morgan fingerprint density at radius 3 is 2.21 bits per heavy atom. The number of hydrogen-bond donors (Lipinski definition) is 0. The molecule has 0 aromatic heterocycles. The van der Waals surface area contributed by atoms with Crippen molar-refractivity contribution in [2.45, 2.75) is 19.8 Å². The highest BCUT2D eigenvalue weighted by molar-refractivity contribution is 5.79. The van der Waals surface area contributed by atoms with Gasteiger partial charge in [0.2, 0.25) is 5.75 Å². The Bertz CT molecular complexity index is 442. The number of hydrogen-bond acceptors (Lipinski definition) is 5. The highest BCUT2D eigenvalue weighted by Gasteiger charge is 2.24. The van der Waals surface area contributed by atoms with Crippen LogP contribution in [0.4, 0.5) is 0 Å². The van der Waals surface area contributed by atoms with Gasteiger partial charge < -0.3 is 18.9 Å². The number of carbonyl (C=O) groups is 1. The van der Waals surface area contributed by atoms with Crippen molar-refractivity contribution in [1.82, 2.24) is 0 Å².